The monoisotopic (exact) mass is 430 g/mol. The number of carbonyl (C=O) groups excluding carboxylic acids is 2. The zero-order valence-corrected chi connectivity index (χ0v) is 16.4. The van der Waals surface area contributed by atoms with E-state index in [0.717, 1.165) is 22.3 Å². The Hall–Kier alpha value is -3.86. The van der Waals surface area contributed by atoms with Crippen LogP contribution in [0, 0.1) is 15.9 Å². The number of thiazole rings is 1. The van der Waals surface area contributed by atoms with Crippen molar-refractivity contribution in [3.05, 3.63) is 75.0 Å². The van der Waals surface area contributed by atoms with Crippen molar-refractivity contribution in [1.29, 1.82) is 0 Å². The van der Waals surface area contributed by atoms with Crippen molar-refractivity contribution in [1.82, 2.24) is 4.98 Å². The first-order valence-corrected chi connectivity index (χ1v) is 9.36. The molecule has 0 aliphatic rings. The number of nitrogens with zero attached hydrogens (tertiary/aromatic N) is 3. The number of halogens is 1. The van der Waals surface area contributed by atoms with Gasteiger partial charge in [-0.25, -0.2) is 14.2 Å². The Morgan fingerprint density at radius 2 is 2.03 bits per heavy atom. The van der Waals surface area contributed by atoms with Gasteiger partial charge in [-0.3, -0.25) is 19.8 Å². The summed E-state index contributed by atoms with van der Waals surface area (Å²) in [6.45, 7) is 1.01. The van der Waals surface area contributed by atoms with Crippen molar-refractivity contribution < 1.29 is 23.6 Å². The fraction of sp³-hybridized carbons (Fsp3) is 0.105. The highest BCUT2D eigenvalue weighted by Gasteiger charge is 2.22. The lowest BCUT2D eigenvalue weighted by Crippen LogP contribution is -2.23. The first kappa shape index (κ1) is 20.9. The molecular formula is C19H15FN4O5S. The van der Waals surface area contributed by atoms with Gasteiger partial charge >= 0.3 is 5.97 Å². The second kappa shape index (κ2) is 8.66. The molecule has 0 radical (unpaired) electrons. The minimum Gasteiger partial charge on any atom is -0.455 e. The quantitative estimate of drug-likeness (QED) is 0.272. The fourth-order valence-corrected chi connectivity index (χ4v) is 3.42. The number of nitrogens with two attached hydrogens (primary N) is 1. The minimum absolute atomic E-state index is 0.0341. The molecule has 1 aromatic heterocycles. The number of para-hydroxylation sites is 1. The minimum atomic E-state index is -0.858. The van der Waals surface area contributed by atoms with Crippen LogP contribution in [0.4, 0.5) is 26.6 Å². The van der Waals surface area contributed by atoms with E-state index in [1.165, 1.54) is 37.3 Å². The lowest BCUT2D eigenvalue weighted by molar-refractivity contribution is -0.384. The Morgan fingerprint density at radius 1 is 1.30 bits per heavy atom. The summed E-state index contributed by atoms with van der Waals surface area (Å²) in [7, 11) is 0. The molecule has 0 saturated heterocycles. The van der Waals surface area contributed by atoms with Gasteiger partial charge in [0, 0.05) is 30.1 Å². The topological polar surface area (TPSA) is 129 Å². The van der Waals surface area contributed by atoms with Gasteiger partial charge in [-0.15, -0.1) is 11.3 Å². The molecule has 9 nitrogen and oxygen atoms in total. The Balaban J connectivity index is 1.76. The third kappa shape index (κ3) is 4.41. The number of hydrogen-bond donors (Lipinski definition) is 1. The molecule has 0 bridgehead atoms. The van der Waals surface area contributed by atoms with E-state index in [1.807, 2.05) is 0 Å². The van der Waals surface area contributed by atoms with Gasteiger partial charge in [0.2, 0.25) is 5.91 Å². The molecule has 3 rings (SSSR count). The van der Waals surface area contributed by atoms with Crippen LogP contribution in [0.1, 0.15) is 23.0 Å². The number of aromatic nitrogens is 1. The Kier molecular flexibility index (Phi) is 6.02. The number of rotatable bonds is 6. The van der Waals surface area contributed by atoms with Crippen molar-refractivity contribution in [2.24, 2.45) is 0 Å². The van der Waals surface area contributed by atoms with E-state index < -0.39 is 22.6 Å². The summed E-state index contributed by atoms with van der Waals surface area (Å²) in [5.41, 5.74) is 5.66. The highest BCUT2D eigenvalue weighted by Crippen LogP contribution is 2.31. The molecule has 0 atom stereocenters. The Morgan fingerprint density at radius 3 is 2.70 bits per heavy atom. The van der Waals surface area contributed by atoms with E-state index in [0.29, 0.717) is 5.69 Å². The molecule has 3 aromatic rings. The van der Waals surface area contributed by atoms with E-state index >= 15 is 0 Å². The summed E-state index contributed by atoms with van der Waals surface area (Å²) >= 11 is 1.07. The highest BCUT2D eigenvalue weighted by atomic mass is 32.1. The van der Waals surface area contributed by atoms with Crippen LogP contribution in [0.25, 0.3) is 0 Å². The number of amides is 1. The summed E-state index contributed by atoms with van der Waals surface area (Å²) in [5, 5.41) is 12.6. The average Bonchev–Trinajstić information content (AvgIpc) is 3.16. The standard InChI is InChI=1S/C19H15FN4O5S/c1-11(25)23(17-5-3-2-4-15(17)20)19-22-12(10-30-19)9-29-18(26)14-8-13(24(27)28)6-7-16(14)21/h2-8,10H,9,21H2,1H3. The van der Waals surface area contributed by atoms with Crippen LogP contribution in [-0.4, -0.2) is 21.8 Å². The number of anilines is 3. The number of nitro benzene ring substituents is 1. The second-order valence-corrected chi connectivity index (χ2v) is 6.87. The van der Waals surface area contributed by atoms with Gasteiger partial charge in [-0.2, -0.15) is 0 Å². The summed E-state index contributed by atoms with van der Waals surface area (Å²) < 4.78 is 19.3. The number of nitrogen functional groups attached to an aromatic ring is 1. The zero-order chi connectivity index (χ0) is 21.8. The molecular weight excluding hydrogens is 415 g/mol. The zero-order valence-electron chi connectivity index (χ0n) is 15.6. The van der Waals surface area contributed by atoms with Gasteiger partial charge < -0.3 is 10.5 Å². The maximum absolute atomic E-state index is 14.1. The van der Waals surface area contributed by atoms with Gasteiger partial charge in [0.15, 0.2) is 5.13 Å². The maximum Gasteiger partial charge on any atom is 0.340 e. The van der Waals surface area contributed by atoms with E-state index in [4.69, 9.17) is 10.5 Å². The molecule has 2 aromatic carbocycles. The molecule has 0 fully saturated rings. The largest absolute Gasteiger partial charge is 0.455 e. The van der Waals surface area contributed by atoms with Crippen LogP contribution in [-0.2, 0) is 16.1 Å². The number of ether oxygens (including phenoxy) is 1. The smallest absolute Gasteiger partial charge is 0.340 e. The molecule has 30 heavy (non-hydrogen) atoms. The van der Waals surface area contributed by atoms with Gasteiger partial charge in [0.25, 0.3) is 5.69 Å². The molecule has 0 aliphatic heterocycles. The molecule has 2 N–H and O–H groups in total. The number of carbonyl (C=O) groups is 2. The molecule has 0 aliphatic carbocycles. The van der Waals surface area contributed by atoms with E-state index in [9.17, 15) is 24.1 Å². The van der Waals surface area contributed by atoms with Crippen LogP contribution in [0.5, 0.6) is 0 Å². The van der Waals surface area contributed by atoms with E-state index in [2.05, 4.69) is 4.98 Å². The third-order valence-corrected chi connectivity index (χ3v) is 4.83. The lowest BCUT2D eigenvalue weighted by atomic mass is 10.1. The van der Waals surface area contributed by atoms with Crippen molar-refractivity contribution in [2.75, 3.05) is 10.6 Å². The average molecular weight is 430 g/mol. The summed E-state index contributed by atoms with van der Waals surface area (Å²) in [6.07, 6.45) is 0. The molecule has 154 valence electrons. The first-order valence-electron chi connectivity index (χ1n) is 8.48. The van der Waals surface area contributed by atoms with Crippen molar-refractivity contribution in [3.63, 3.8) is 0 Å². The van der Waals surface area contributed by atoms with Gasteiger partial charge in [-0.1, -0.05) is 12.1 Å². The fourth-order valence-electron chi connectivity index (χ4n) is 2.56. The molecule has 11 heteroatoms. The van der Waals surface area contributed by atoms with Crippen molar-refractivity contribution in [3.8, 4) is 0 Å². The summed E-state index contributed by atoms with van der Waals surface area (Å²) in [6, 6.07) is 9.22. The summed E-state index contributed by atoms with van der Waals surface area (Å²) in [4.78, 5) is 39.9. The molecule has 1 amide bonds. The van der Waals surface area contributed by atoms with Crippen molar-refractivity contribution >= 4 is 45.4 Å². The third-order valence-electron chi connectivity index (χ3n) is 3.96. The summed E-state index contributed by atoms with van der Waals surface area (Å²) in [5.74, 6) is -1.89. The van der Waals surface area contributed by atoms with E-state index in [-0.39, 0.29) is 34.4 Å². The van der Waals surface area contributed by atoms with Crippen LogP contribution in [0.15, 0.2) is 47.8 Å². The first-order chi connectivity index (χ1) is 14.3. The molecule has 0 saturated carbocycles. The van der Waals surface area contributed by atoms with Crippen LogP contribution >= 0.6 is 11.3 Å². The van der Waals surface area contributed by atoms with Crippen LogP contribution < -0.4 is 10.6 Å². The number of nitro groups is 1. The molecule has 0 unspecified atom stereocenters. The molecule has 1 heterocycles. The second-order valence-electron chi connectivity index (χ2n) is 6.03. The molecule has 0 spiro atoms. The lowest BCUT2D eigenvalue weighted by Gasteiger charge is -2.18. The number of non-ortho nitro benzene ring substituents is 1. The normalized spacial score (nSPS) is 10.5. The predicted octanol–water partition coefficient (Wildman–Crippen LogP) is 3.81. The maximum atomic E-state index is 14.1. The van der Waals surface area contributed by atoms with Crippen molar-refractivity contribution in [2.45, 2.75) is 13.5 Å². The van der Waals surface area contributed by atoms with Gasteiger partial charge in [0.1, 0.15) is 12.4 Å². The van der Waals surface area contributed by atoms with Gasteiger partial charge in [-0.05, 0) is 18.2 Å². The van der Waals surface area contributed by atoms with Crippen LogP contribution in [0.3, 0.4) is 0 Å². The number of esters is 1. The number of benzene rings is 2. The number of hydrogen-bond acceptors (Lipinski definition) is 8. The predicted molar refractivity (Wildman–Crippen MR) is 108 cm³/mol. The highest BCUT2D eigenvalue weighted by molar-refractivity contribution is 7.14. The van der Waals surface area contributed by atoms with E-state index in [1.54, 1.807) is 11.4 Å². The Labute approximate surface area is 173 Å². The van der Waals surface area contributed by atoms with Crippen LogP contribution in [0.2, 0.25) is 0 Å². The SMILES string of the molecule is CC(=O)N(c1nc(COC(=O)c2cc([N+](=O)[O-])ccc2N)cs1)c1ccccc1F. The Bertz CT molecular complexity index is 1130. The van der Waals surface area contributed by atoms with Gasteiger partial charge in [0.05, 0.1) is 21.9 Å².